The summed E-state index contributed by atoms with van der Waals surface area (Å²) >= 11 is 1.66. The molecular formula is C17H18N4O2S. The summed E-state index contributed by atoms with van der Waals surface area (Å²) in [6.07, 6.45) is 1.50. The summed E-state index contributed by atoms with van der Waals surface area (Å²) in [6.45, 7) is 3.13. The standard InChI is InChI=1S/C17H18N4O2S/c1-12-10-14(15-4-3-9-24-15)20-21(12)8-7-18-17(22)13-5-6-16(23-2)19-11-13/h3-6,9-11H,7-8H2,1-2H3,(H,18,22). The third-order valence-electron chi connectivity index (χ3n) is 3.57. The molecule has 0 spiro atoms. The maximum atomic E-state index is 12.1. The summed E-state index contributed by atoms with van der Waals surface area (Å²) < 4.78 is 6.88. The molecule has 0 saturated heterocycles. The van der Waals surface area contributed by atoms with Gasteiger partial charge in [-0.15, -0.1) is 11.3 Å². The molecule has 0 atom stereocenters. The van der Waals surface area contributed by atoms with Crippen molar-refractivity contribution in [1.82, 2.24) is 20.1 Å². The van der Waals surface area contributed by atoms with Gasteiger partial charge in [0.2, 0.25) is 5.88 Å². The first-order valence-corrected chi connectivity index (χ1v) is 8.42. The van der Waals surface area contributed by atoms with Crippen molar-refractivity contribution in [2.45, 2.75) is 13.5 Å². The number of methoxy groups -OCH3 is 1. The summed E-state index contributed by atoms with van der Waals surface area (Å²) in [4.78, 5) is 17.3. The zero-order chi connectivity index (χ0) is 16.9. The number of nitrogens with one attached hydrogen (secondary N) is 1. The van der Waals surface area contributed by atoms with Crippen LogP contribution >= 0.6 is 11.3 Å². The topological polar surface area (TPSA) is 69.0 Å². The first-order valence-electron chi connectivity index (χ1n) is 7.54. The molecule has 3 aromatic heterocycles. The Bertz CT molecular complexity index is 810. The molecule has 7 heteroatoms. The van der Waals surface area contributed by atoms with Gasteiger partial charge in [-0.2, -0.15) is 5.10 Å². The molecule has 0 aliphatic carbocycles. The third kappa shape index (κ3) is 3.62. The van der Waals surface area contributed by atoms with E-state index in [1.165, 1.54) is 6.20 Å². The Morgan fingerprint density at radius 3 is 2.92 bits per heavy atom. The lowest BCUT2D eigenvalue weighted by Gasteiger charge is -2.07. The fraction of sp³-hybridized carbons (Fsp3) is 0.235. The highest BCUT2D eigenvalue weighted by Crippen LogP contribution is 2.23. The maximum absolute atomic E-state index is 12.1. The number of ether oxygens (including phenoxy) is 1. The van der Waals surface area contributed by atoms with E-state index in [9.17, 15) is 4.79 Å². The Hall–Kier alpha value is -2.67. The van der Waals surface area contributed by atoms with Crippen molar-refractivity contribution in [2.24, 2.45) is 0 Å². The fourth-order valence-corrected chi connectivity index (χ4v) is 2.98. The van der Waals surface area contributed by atoms with E-state index in [1.807, 2.05) is 23.1 Å². The van der Waals surface area contributed by atoms with Crippen LogP contribution in [0.3, 0.4) is 0 Å². The fourth-order valence-electron chi connectivity index (χ4n) is 2.29. The minimum Gasteiger partial charge on any atom is -0.481 e. The summed E-state index contributed by atoms with van der Waals surface area (Å²) in [6, 6.07) is 9.48. The number of hydrogen-bond acceptors (Lipinski definition) is 5. The van der Waals surface area contributed by atoms with Gasteiger partial charge in [0.05, 0.1) is 24.1 Å². The van der Waals surface area contributed by atoms with Crippen LogP contribution in [-0.4, -0.2) is 34.3 Å². The van der Waals surface area contributed by atoms with E-state index in [1.54, 1.807) is 30.6 Å². The van der Waals surface area contributed by atoms with Crippen LogP contribution in [0.5, 0.6) is 5.88 Å². The van der Waals surface area contributed by atoms with Crippen molar-refractivity contribution in [3.05, 3.63) is 53.2 Å². The second-order valence-electron chi connectivity index (χ2n) is 5.22. The van der Waals surface area contributed by atoms with Gasteiger partial charge in [-0.05, 0) is 30.5 Å². The number of thiophene rings is 1. The van der Waals surface area contributed by atoms with Gasteiger partial charge < -0.3 is 10.1 Å². The molecule has 3 aromatic rings. The van der Waals surface area contributed by atoms with E-state index in [2.05, 4.69) is 27.5 Å². The van der Waals surface area contributed by atoms with Crippen LogP contribution in [0.1, 0.15) is 16.1 Å². The summed E-state index contributed by atoms with van der Waals surface area (Å²) in [5, 5.41) is 9.50. The van der Waals surface area contributed by atoms with Gasteiger partial charge in [0.15, 0.2) is 0 Å². The molecule has 1 amide bonds. The Balaban J connectivity index is 1.57. The first-order chi connectivity index (χ1) is 11.7. The summed E-state index contributed by atoms with van der Waals surface area (Å²) in [5.74, 6) is 0.327. The molecule has 3 rings (SSSR count). The zero-order valence-electron chi connectivity index (χ0n) is 13.5. The first kappa shape index (κ1) is 16.2. The number of hydrogen-bond donors (Lipinski definition) is 1. The third-order valence-corrected chi connectivity index (χ3v) is 4.46. The van der Waals surface area contributed by atoms with Crippen LogP contribution in [0.4, 0.5) is 0 Å². The van der Waals surface area contributed by atoms with Gasteiger partial charge in [0, 0.05) is 24.5 Å². The molecule has 0 fully saturated rings. The number of carbonyl (C=O) groups is 1. The molecule has 0 bridgehead atoms. The molecule has 124 valence electrons. The quantitative estimate of drug-likeness (QED) is 0.748. The molecule has 1 N–H and O–H groups in total. The highest BCUT2D eigenvalue weighted by Gasteiger charge is 2.09. The molecule has 24 heavy (non-hydrogen) atoms. The molecule has 3 heterocycles. The minimum atomic E-state index is -0.159. The molecule has 0 radical (unpaired) electrons. The lowest BCUT2D eigenvalue weighted by molar-refractivity contribution is 0.0951. The number of rotatable bonds is 6. The summed E-state index contributed by atoms with van der Waals surface area (Å²) in [7, 11) is 1.54. The van der Waals surface area contributed by atoms with Crippen LogP contribution in [0.25, 0.3) is 10.6 Å². The van der Waals surface area contributed by atoms with Crippen LogP contribution < -0.4 is 10.1 Å². The van der Waals surface area contributed by atoms with Gasteiger partial charge in [-0.3, -0.25) is 9.48 Å². The van der Waals surface area contributed by atoms with E-state index < -0.39 is 0 Å². The molecule has 6 nitrogen and oxygen atoms in total. The largest absolute Gasteiger partial charge is 0.481 e. The average Bonchev–Trinajstić information content (AvgIpc) is 3.25. The number of aryl methyl sites for hydroxylation is 1. The second-order valence-corrected chi connectivity index (χ2v) is 6.16. The molecule has 0 saturated carbocycles. The highest BCUT2D eigenvalue weighted by molar-refractivity contribution is 7.13. The molecule has 0 aliphatic rings. The molecule has 0 unspecified atom stereocenters. The van der Waals surface area contributed by atoms with Crippen LogP contribution in [0.15, 0.2) is 41.9 Å². The number of amides is 1. The normalized spacial score (nSPS) is 10.6. The lowest BCUT2D eigenvalue weighted by atomic mass is 10.2. The van der Waals surface area contributed by atoms with E-state index in [4.69, 9.17) is 4.74 Å². The van der Waals surface area contributed by atoms with Crippen LogP contribution in [0, 0.1) is 6.92 Å². The van der Waals surface area contributed by atoms with Crippen LogP contribution in [0.2, 0.25) is 0 Å². The monoisotopic (exact) mass is 342 g/mol. The van der Waals surface area contributed by atoms with Gasteiger partial charge in [-0.1, -0.05) is 6.07 Å². The van der Waals surface area contributed by atoms with Crippen molar-refractivity contribution in [1.29, 1.82) is 0 Å². The van der Waals surface area contributed by atoms with Crippen molar-refractivity contribution >= 4 is 17.2 Å². The SMILES string of the molecule is COc1ccc(C(=O)NCCn2nc(-c3cccs3)cc2C)cn1. The van der Waals surface area contributed by atoms with Gasteiger partial charge in [0.25, 0.3) is 5.91 Å². The Labute approximate surface area is 144 Å². The van der Waals surface area contributed by atoms with Crippen molar-refractivity contribution in [3.8, 4) is 16.5 Å². The molecule has 0 aromatic carbocycles. The predicted molar refractivity (Wildman–Crippen MR) is 93.4 cm³/mol. The van der Waals surface area contributed by atoms with Gasteiger partial charge >= 0.3 is 0 Å². The second kappa shape index (κ2) is 7.27. The molecular weight excluding hydrogens is 324 g/mol. The average molecular weight is 342 g/mol. The van der Waals surface area contributed by atoms with Gasteiger partial charge in [0.1, 0.15) is 5.69 Å². The summed E-state index contributed by atoms with van der Waals surface area (Å²) in [5.41, 5.74) is 2.54. The maximum Gasteiger partial charge on any atom is 0.252 e. The van der Waals surface area contributed by atoms with E-state index in [0.29, 0.717) is 24.5 Å². The lowest BCUT2D eigenvalue weighted by Crippen LogP contribution is -2.27. The molecule has 0 aliphatic heterocycles. The smallest absolute Gasteiger partial charge is 0.252 e. The van der Waals surface area contributed by atoms with Crippen molar-refractivity contribution in [3.63, 3.8) is 0 Å². The number of pyridine rings is 1. The van der Waals surface area contributed by atoms with Gasteiger partial charge in [-0.25, -0.2) is 4.98 Å². The number of nitrogens with zero attached hydrogens (tertiary/aromatic N) is 3. The van der Waals surface area contributed by atoms with Crippen molar-refractivity contribution in [2.75, 3.05) is 13.7 Å². The minimum absolute atomic E-state index is 0.159. The van der Waals surface area contributed by atoms with Crippen LogP contribution in [-0.2, 0) is 6.54 Å². The number of aromatic nitrogens is 3. The number of carbonyl (C=O) groups excluding carboxylic acids is 1. The van der Waals surface area contributed by atoms with Crippen molar-refractivity contribution < 1.29 is 9.53 Å². The Morgan fingerprint density at radius 1 is 1.38 bits per heavy atom. The van der Waals surface area contributed by atoms with E-state index >= 15 is 0 Å². The van der Waals surface area contributed by atoms with E-state index in [0.717, 1.165) is 16.3 Å². The highest BCUT2D eigenvalue weighted by atomic mass is 32.1. The van der Waals surface area contributed by atoms with E-state index in [-0.39, 0.29) is 5.91 Å². The Kier molecular flexibility index (Phi) is 4.90. The Morgan fingerprint density at radius 2 is 2.25 bits per heavy atom. The zero-order valence-corrected chi connectivity index (χ0v) is 14.3. The predicted octanol–water partition coefficient (Wildman–Crippen LogP) is 2.75.